The molecule has 118 valence electrons. The van der Waals surface area contributed by atoms with Crippen molar-refractivity contribution in [1.29, 1.82) is 0 Å². The van der Waals surface area contributed by atoms with Crippen LogP contribution in [0.2, 0.25) is 0 Å². The van der Waals surface area contributed by atoms with Crippen molar-refractivity contribution < 1.29 is 28.3 Å². The first-order chi connectivity index (χ1) is 9.14. The lowest BCUT2D eigenvalue weighted by Gasteiger charge is -2.25. The second-order valence-electron chi connectivity index (χ2n) is 5.26. The SMILES string of the molecule is C=C(C)C(=O)OC(C)CCOC(C)(C)CCO[PH](=O)O. The summed E-state index contributed by atoms with van der Waals surface area (Å²) in [6.45, 7) is 11.2. The molecular weight excluding hydrogens is 283 g/mol. The lowest BCUT2D eigenvalue weighted by atomic mass is 10.1. The molecule has 2 atom stereocenters. The second kappa shape index (κ2) is 9.29. The summed E-state index contributed by atoms with van der Waals surface area (Å²) in [5.74, 6) is -0.404. The van der Waals surface area contributed by atoms with E-state index in [2.05, 4.69) is 11.1 Å². The van der Waals surface area contributed by atoms with Crippen molar-refractivity contribution in [1.82, 2.24) is 0 Å². The van der Waals surface area contributed by atoms with Gasteiger partial charge in [-0.2, -0.15) is 0 Å². The molecule has 20 heavy (non-hydrogen) atoms. The molecule has 0 amide bonds. The summed E-state index contributed by atoms with van der Waals surface area (Å²) in [6, 6.07) is 0. The molecule has 0 aliphatic heterocycles. The van der Waals surface area contributed by atoms with E-state index < -0.39 is 19.8 Å². The monoisotopic (exact) mass is 308 g/mol. The van der Waals surface area contributed by atoms with Gasteiger partial charge in [-0.3, -0.25) is 4.57 Å². The van der Waals surface area contributed by atoms with Crippen LogP contribution in [0.5, 0.6) is 0 Å². The van der Waals surface area contributed by atoms with Crippen molar-refractivity contribution in [3.63, 3.8) is 0 Å². The Balaban J connectivity index is 3.88. The first-order valence-electron chi connectivity index (χ1n) is 6.50. The second-order valence-corrected chi connectivity index (χ2v) is 6.08. The molecule has 0 aromatic rings. The number of carbonyl (C=O) groups is 1. The molecule has 0 rings (SSSR count). The average molecular weight is 308 g/mol. The summed E-state index contributed by atoms with van der Waals surface area (Å²) in [7, 11) is -2.88. The molecular formula is C13H25O6P. The van der Waals surface area contributed by atoms with E-state index in [-0.39, 0.29) is 12.7 Å². The van der Waals surface area contributed by atoms with Gasteiger partial charge in [0.2, 0.25) is 0 Å². The maximum absolute atomic E-state index is 11.3. The Kier molecular flexibility index (Phi) is 8.98. The lowest BCUT2D eigenvalue weighted by Crippen LogP contribution is -2.28. The smallest absolute Gasteiger partial charge is 0.333 e. The molecule has 0 aliphatic carbocycles. The molecule has 0 spiro atoms. The molecule has 2 unspecified atom stereocenters. The molecule has 0 fully saturated rings. The zero-order chi connectivity index (χ0) is 15.8. The van der Waals surface area contributed by atoms with E-state index in [9.17, 15) is 9.36 Å². The van der Waals surface area contributed by atoms with Crippen LogP contribution in [0.25, 0.3) is 0 Å². The van der Waals surface area contributed by atoms with Crippen molar-refractivity contribution in [2.24, 2.45) is 0 Å². The van der Waals surface area contributed by atoms with Crippen molar-refractivity contribution in [3.8, 4) is 0 Å². The van der Waals surface area contributed by atoms with Crippen LogP contribution in [-0.4, -0.2) is 35.8 Å². The molecule has 0 radical (unpaired) electrons. The van der Waals surface area contributed by atoms with Crippen LogP contribution < -0.4 is 0 Å². The summed E-state index contributed by atoms with van der Waals surface area (Å²) >= 11 is 0. The Morgan fingerprint density at radius 2 is 2.00 bits per heavy atom. The lowest BCUT2D eigenvalue weighted by molar-refractivity contribution is -0.144. The predicted octanol–water partition coefficient (Wildman–Crippen LogP) is 2.47. The van der Waals surface area contributed by atoms with E-state index in [1.165, 1.54) is 0 Å². The van der Waals surface area contributed by atoms with Gasteiger partial charge in [-0.1, -0.05) is 6.58 Å². The van der Waals surface area contributed by atoms with Gasteiger partial charge in [-0.15, -0.1) is 0 Å². The molecule has 0 bridgehead atoms. The van der Waals surface area contributed by atoms with Crippen molar-refractivity contribution in [2.45, 2.75) is 52.2 Å². The largest absolute Gasteiger partial charge is 0.459 e. The highest BCUT2D eigenvalue weighted by Crippen LogP contribution is 2.20. The molecule has 0 aromatic heterocycles. The van der Waals surface area contributed by atoms with Gasteiger partial charge in [0, 0.05) is 12.0 Å². The average Bonchev–Trinajstić information content (AvgIpc) is 2.27. The highest BCUT2D eigenvalue weighted by Gasteiger charge is 2.19. The Morgan fingerprint density at radius 1 is 1.40 bits per heavy atom. The highest BCUT2D eigenvalue weighted by atomic mass is 31.1. The van der Waals surface area contributed by atoms with E-state index in [0.717, 1.165) is 0 Å². The summed E-state index contributed by atoms with van der Waals surface area (Å²) in [6.07, 6.45) is 0.823. The fourth-order valence-corrected chi connectivity index (χ4v) is 1.58. The summed E-state index contributed by atoms with van der Waals surface area (Å²) in [5, 5.41) is 0. The third-order valence-corrected chi connectivity index (χ3v) is 3.05. The molecule has 6 nitrogen and oxygen atoms in total. The van der Waals surface area contributed by atoms with E-state index in [0.29, 0.717) is 25.0 Å². The first kappa shape index (κ1) is 19.3. The van der Waals surface area contributed by atoms with E-state index in [1.807, 2.05) is 13.8 Å². The minimum Gasteiger partial charge on any atom is -0.459 e. The first-order valence-corrected chi connectivity index (χ1v) is 7.76. The molecule has 0 heterocycles. The standard InChI is InChI=1S/C13H25O6P/c1-10(2)12(14)19-11(3)6-8-17-13(4,5)7-9-18-20(15)16/h11,20H,1,6-9H2,2-5H3,(H,15,16). The van der Waals surface area contributed by atoms with Gasteiger partial charge >= 0.3 is 14.2 Å². The van der Waals surface area contributed by atoms with E-state index >= 15 is 0 Å². The van der Waals surface area contributed by atoms with Crippen LogP contribution in [0.1, 0.15) is 40.5 Å². The summed E-state index contributed by atoms with van der Waals surface area (Å²) in [5.41, 5.74) is -0.0930. The normalized spacial score (nSPS) is 14.7. The number of esters is 1. The van der Waals surface area contributed by atoms with Gasteiger partial charge in [0.15, 0.2) is 0 Å². The minimum absolute atomic E-state index is 0.168. The van der Waals surface area contributed by atoms with Gasteiger partial charge in [0.05, 0.1) is 18.8 Å². The number of rotatable bonds is 10. The molecule has 7 heteroatoms. The Labute approximate surface area is 121 Å². The molecule has 0 saturated carbocycles. The molecule has 1 N–H and O–H groups in total. The van der Waals surface area contributed by atoms with Crippen LogP contribution in [-0.2, 0) is 23.4 Å². The molecule has 0 aromatic carbocycles. The van der Waals surface area contributed by atoms with E-state index in [4.69, 9.17) is 14.4 Å². The Hall–Kier alpha value is -0.680. The molecule has 0 saturated heterocycles. The van der Waals surface area contributed by atoms with Crippen LogP contribution in [0.3, 0.4) is 0 Å². The van der Waals surface area contributed by atoms with E-state index in [1.54, 1.807) is 13.8 Å². The number of hydrogen-bond acceptors (Lipinski definition) is 5. The quantitative estimate of drug-likeness (QED) is 0.379. The number of carbonyl (C=O) groups excluding carboxylic acids is 1. The third-order valence-electron chi connectivity index (χ3n) is 2.60. The maximum atomic E-state index is 11.3. The third kappa shape index (κ3) is 10.1. The number of hydrogen-bond donors (Lipinski definition) is 1. The van der Waals surface area contributed by atoms with Gasteiger partial charge in [0.1, 0.15) is 6.10 Å². The Morgan fingerprint density at radius 3 is 2.50 bits per heavy atom. The highest BCUT2D eigenvalue weighted by molar-refractivity contribution is 7.32. The fourth-order valence-electron chi connectivity index (χ4n) is 1.30. The Bertz CT molecular complexity index is 353. The predicted molar refractivity (Wildman–Crippen MR) is 76.8 cm³/mol. The minimum atomic E-state index is -2.88. The fraction of sp³-hybridized carbons (Fsp3) is 0.769. The topological polar surface area (TPSA) is 82.1 Å². The van der Waals surface area contributed by atoms with Crippen molar-refractivity contribution >= 4 is 14.2 Å². The zero-order valence-electron chi connectivity index (χ0n) is 12.6. The van der Waals surface area contributed by atoms with Crippen LogP contribution in [0, 0.1) is 0 Å². The van der Waals surface area contributed by atoms with Crippen LogP contribution in [0.15, 0.2) is 12.2 Å². The van der Waals surface area contributed by atoms with Crippen LogP contribution >= 0.6 is 8.25 Å². The van der Waals surface area contributed by atoms with Crippen molar-refractivity contribution in [3.05, 3.63) is 12.2 Å². The van der Waals surface area contributed by atoms with Crippen molar-refractivity contribution in [2.75, 3.05) is 13.2 Å². The van der Waals surface area contributed by atoms with Gasteiger partial charge in [-0.25, -0.2) is 4.79 Å². The van der Waals surface area contributed by atoms with Gasteiger partial charge < -0.3 is 18.9 Å². The molecule has 0 aliphatic rings. The zero-order valence-corrected chi connectivity index (χ0v) is 13.6. The summed E-state index contributed by atoms with van der Waals surface area (Å²) in [4.78, 5) is 19.8. The van der Waals surface area contributed by atoms with Gasteiger partial charge in [-0.05, 0) is 34.1 Å². The maximum Gasteiger partial charge on any atom is 0.333 e. The summed E-state index contributed by atoms with van der Waals surface area (Å²) < 4.78 is 25.8. The van der Waals surface area contributed by atoms with Gasteiger partial charge in [0.25, 0.3) is 0 Å². The number of ether oxygens (including phenoxy) is 2. The van der Waals surface area contributed by atoms with Crippen LogP contribution in [0.4, 0.5) is 0 Å².